The van der Waals surface area contributed by atoms with Gasteiger partial charge >= 0.3 is 6.18 Å². The van der Waals surface area contributed by atoms with Crippen LogP contribution in [0, 0.1) is 17.1 Å². The maximum Gasteiger partial charge on any atom is 0.435 e. The average Bonchev–Trinajstić information content (AvgIpc) is 3.75. The molecule has 0 amide bonds. The molecule has 45 heavy (non-hydrogen) atoms. The van der Waals surface area contributed by atoms with Gasteiger partial charge in [0.2, 0.25) is 5.13 Å². The fourth-order valence-corrected chi connectivity index (χ4v) is 6.79. The van der Waals surface area contributed by atoms with E-state index in [0.717, 1.165) is 60.3 Å². The summed E-state index contributed by atoms with van der Waals surface area (Å²) in [5, 5.41) is 16.5. The van der Waals surface area contributed by atoms with Gasteiger partial charge < -0.3 is 9.47 Å². The van der Waals surface area contributed by atoms with Crippen molar-refractivity contribution in [2.45, 2.75) is 26.2 Å². The van der Waals surface area contributed by atoms with Crippen molar-refractivity contribution in [2.24, 2.45) is 5.10 Å². The molecule has 1 saturated heterocycles. The molecule has 2 aromatic carbocycles. The van der Waals surface area contributed by atoms with E-state index in [1.807, 2.05) is 30.5 Å². The molecule has 8 nitrogen and oxygen atoms in total. The van der Waals surface area contributed by atoms with Gasteiger partial charge in [-0.2, -0.15) is 23.5 Å². The third-order valence-electron chi connectivity index (χ3n) is 7.64. The first kappa shape index (κ1) is 30.8. The zero-order valence-corrected chi connectivity index (χ0v) is 26.0. The van der Waals surface area contributed by atoms with Crippen molar-refractivity contribution in [3.8, 4) is 27.9 Å². The van der Waals surface area contributed by atoms with E-state index in [0.29, 0.717) is 23.0 Å². The van der Waals surface area contributed by atoms with Gasteiger partial charge in [0.25, 0.3) is 0 Å². The zero-order valence-electron chi connectivity index (χ0n) is 24.4. The lowest BCUT2D eigenvalue weighted by atomic mass is 10.1. The highest BCUT2D eigenvalue weighted by Gasteiger charge is 2.39. The predicted molar refractivity (Wildman–Crippen MR) is 170 cm³/mol. The molecule has 5 aromatic rings. The van der Waals surface area contributed by atoms with E-state index < -0.39 is 17.7 Å². The maximum atomic E-state index is 14.6. The molecule has 0 saturated carbocycles. The first-order valence-corrected chi connectivity index (χ1v) is 15.9. The minimum Gasteiger partial charge on any atom is -0.347 e. The average molecular weight is 653 g/mol. The Labute approximate surface area is 264 Å². The fraction of sp³-hybridized carbons (Fsp3) is 0.290. The minimum absolute atomic E-state index is 0.00297. The van der Waals surface area contributed by atoms with Crippen molar-refractivity contribution < 1.29 is 17.6 Å². The third-order valence-corrected chi connectivity index (χ3v) is 9.44. The van der Waals surface area contributed by atoms with Gasteiger partial charge in [-0.15, -0.1) is 11.3 Å². The van der Waals surface area contributed by atoms with Crippen LogP contribution in [0.15, 0.2) is 59.1 Å². The number of halogens is 4. The highest BCUT2D eigenvalue weighted by Crippen LogP contribution is 2.35. The molecule has 4 heterocycles. The van der Waals surface area contributed by atoms with Crippen LogP contribution in [-0.4, -0.2) is 69.4 Å². The summed E-state index contributed by atoms with van der Waals surface area (Å²) in [5.41, 5.74) is 4.23. The Hall–Kier alpha value is -4.16. The molecule has 0 radical (unpaired) electrons. The molecule has 0 aliphatic carbocycles. The largest absolute Gasteiger partial charge is 0.435 e. The van der Waals surface area contributed by atoms with Crippen LogP contribution in [0.3, 0.4) is 0 Å². The number of likely N-dealkylation sites (N-methyl/N-ethyl adjacent to an activating group) is 1. The van der Waals surface area contributed by atoms with Crippen molar-refractivity contribution in [1.29, 1.82) is 5.26 Å². The van der Waals surface area contributed by atoms with Crippen LogP contribution in [0.4, 0.5) is 22.7 Å². The molecule has 0 spiro atoms. The van der Waals surface area contributed by atoms with Gasteiger partial charge in [-0.3, -0.25) is 10.3 Å². The number of piperazine rings is 1. The summed E-state index contributed by atoms with van der Waals surface area (Å²) in [7, 11) is 2.11. The lowest BCUT2D eigenvalue weighted by Crippen LogP contribution is -2.43. The number of hydrogen-bond acceptors (Lipinski definition) is 9. The van der Waals surface area contributed by atoms with Crippen LogP contribution < -0.4 is 5.43 Å². The molecule has 0 bridgehead atoms. The van der Waals surface area contributed by atoms with Crippen LogP contribution in [0.25, 0.3) is 32.7 Å². The summed E-state index contributed by atoms with van der Waals surface area (Å²) in [6.45, 7) is 6.97. The molecular weight excluding hydrogens is 625 g/mol. The molecule has 6 rings (SSSR count). The van der Waals surface area contributed by atoms with Crippen LogP contribution >= 0.6 is 22.7 Å². The molecule has 3 aromatic heterocycles. The normalized spacial score (nSPS) is 15.1. The number of nitrogens with one attached hydrogen (secondary N) is 1. The maximum absolute atomic E-state index is 14.6. The highest BCUT2D eigenvalue weighted by molar-refractivity contribution is 7.16. The van der Waals surface area contributed by atoms with Gasteiger partial charge in [0.15, 0.2) is 5.71 Å². The van der Waals surface area contributed by atoms with Gasteiger partial charge in [-0.1, -0.05) is 11.3 Å². The number of anilines is 1. The molecular formula is C31H28F4N8S2. The standard InChI is InChI=1S/C31H28F4N8S2/c1-3-43-17-24(23-14-20(6-9-25(23)43)29-37-22(18-44-29)16-42-12-10-41(2)11-13-42)28(31(33,34)35)39-40-30-38-27(26(15-36)45-30)19-4-7-21(32)8-5-19/h4-9,14,17-18H,3,10-13,16H2,1-2H3,(H,38,40)/b39-28-. The summed E-state index contributed by atoms with van der Waals surface area (Å²) in [6, 6.07) is 12.8. The van der Waals surface area contributed by atoms with E-state index in [-0.39, 0.29) is 21.3 Å². The number of aryl methyl sites for hydroxylation is 1. The summed E-state index contributed by atoms with van der Waals surface area (Å²) in [5.74, 6) is -0.458. The van der Waals surface area contributed by atoms with E-state index in [1.165, 1.54) is 41.8 Å². The molecule has 0 atom stereocenters. The number of hydrazone groups is 1. The van der Waals surface area contributed by atoms with Crippen molar-refractivity contribution in [3.05, 3.63) is 76.0 Å². The Morgan fingerprint density at radius 1 is 1.07 bits per heavy atom. The molecule has 14 heteroatoms. The van der Waals surface area contributed by atoms with E-state index in [4.69, 9.17) is 4.98 Å². The second-order valence-corrected chi connectivity index (χ2v) is 12.5. The number of benzene rings is 2. The minimum atomic E-state index is -4.80. The van der Waals surface area contributed by atoms with Crippen molar-refractivity contribution in [3.63, 3.8) is 0 Å². The van der Waals surface area contributed by atoms with Crippen LogP contribution in [-0.2, 0) is 13.1 Å². The summed E-state index contributed by atoms with van der Waals surface area (Å²) in [6.07, 6.45) is -3.35. The topological polar surface area (TPSA) is 85.4 Å². The smallest absolute Gasteiger partial charge is 0.347 e. The lowest BCUT2D eigenvalue weighted by molar-refractivity contribution is -0.0580. The van der Waals surface area contributed by atoms with Gasteiger partial charge in [0, 0.05) is 78.4 Å². The second kappa shape index (κ2) is 12.7. The van der Waals surface area contributed by atoms with Crippen molar-refractivity contribution in [2.75, 3.05) is 38.7 Å². The van der Waals surface area contributed by atoms with Crippen LogP contribution in [0.5, 0.6) is 0 Å². The number of rotatable bonds is 8. The van der Waals surface area contributed by atoms with Gasteiger partial charge in [-0.25, -0.2) is 14.4 Å². The summed E-state index contributed by atoms with van der Waals surface area (Å²) >= 11 is 2.34. The Kier molecular flexibility index (Phi) is 8.69. The number of alkyl halides is 3. The number of nitrogens with zero attached hydrogens (tertiary/aromatic N) is 7. The third kappa shape index (κ3) is 6.62. The van der Waals surface area contributed by atoms with E-state index in [9.17, 15) is 22.8 Å². The van der Waals surface area contributed by atoms with Crippen molar-refractivity contribution >= 4 is 44.4 Å². The number of thiazole rings is 2. The van der Waals surface area contributed by atoms with Gasteiger partial charge in [0.1, 0.15) is 27.5 Å². The predicted octanol–water partition coefficient (Wildman–Crippen LogP) is 7.04. The number of fused-ring (bicyclic) bond motifs is 1. The van der Waals surface area contributed by atoms with Crippen LogP contribution in [0.1, 0.15) is 23.1 Å². The van der Waals surface area contributed by atoms with Gasteiger partial charge in [0.05, 0.1) is 5.69 Å². The Balaban J connectivity index is 1.33. The fourth-order valence-electron chi connectivity index (χ4n) is 5.25. The van der Waals surface area contributed by atoms with E-state index >= 15 is 0 Å². The Bertz CT molecular complexity index is 1890. The molecule has 1 aliphatic rings. The molecule has 1 N–H and O–H groups in total. The Morgan fingerprint density at radius 2 is 1.80 bits per heavy atom. The number of hydrogen-bond donors (Lipinski definition) is 1. The number of nitriles is 1. The Morgan fingerprint density at radius 3 is 2.49 bits per heavy atom. The van der Waals surface area contributed by atoms with Crippen LogP contribution in [0.2, 0.25) is 0 Å². The lowest BCUT2D eigenvalue weighted by Gasteiger charge is -2.31. The molecule has 232 valence electrons. The zero-order chi connectivity index (χ0) is 31.7. The second-order valence-electron chi connectivity index (χ2n) is 10.7. The van der Waals surface area contributed by atoms with Gasteiger partial charge in [-0.05, 0) is 56.4 Å². The van der Waals surface area contributed by atoms with E-state index in [2.05, 4.69) is 32.4 Å². The first-order valence-electron chi connectivity index (χ1n) is 14.2. The van der Waals surface area contributed by atoms with E-state index in [1.54, 1.807) is 10.6 Å². The van der Waals surface area contributed by atoms with Crippen molar-refractivity contribution in [1.82, 2.24) is 24.3 Å². The molecule has 1 fully saturated rings. The molecule has 0 unspecified atom stereocenters. The quantitative estimate of drug-likeness (QED) is 0.110. The first-order chi connectivity index (χ1) is 21.6. The summed E-state index contributed by atoms with van der Waals surface area (Å²) < 4.78 is 58.9. The molecule has 1 aliphatic heterocycles. The number of aromatic nitrogens is 3. The summed E-state index contributed by atoms with van der Waals surface area (Å²) in [4.78, 5) is 13.9. The monoisotopic (exact) mass is 652 g/mol. The SMILES string of the molecule is CCn1cc(/C(=N/Nc2nc(-c3ccc(F)cc3)c(C#N)s2)C(F)(F)F)c2cc(-c3nc(CN4CCN(C)CC4)cs3)ccc21. The highest BCUT2D eigenvalue weighted by atomic mass is 32.1.